The van der Waals surface area contributed by atoms with Gasteiger partial charge in [0.15, 0.2) is 0 Å². The number of aliphatic hydroxyl groups is 1. The summed E-state index contributed by atoms with van der Waals surface area (Å²) in [6, 6.07) is 0. The minimum Gasteiger partial charge on any atom is -0.462 e. The van der Waals surface area contributed by atoms with E-state index in [1.54, 1.807) is 0 Å². The van der Waals surface area contributed by atoms with E-state index in [0.717, 1.165) is 45.3 Å². The molecule has 0 aliphatic carbocycles. The van der Waals surface area contributed by atoms with Crippen molar-refractivity contribution in [1.29, 1.82) is 0 Å². The van der Waals surface area contributed by atoms with Crippen molar-refractivity contribution in [2.75, 3.05) is 26.2 Å². The summed E-state index contributed by atoms with van der Waals surface area (Å²) >= 11 is 0. The third-order valence-corrected chi connectivity index (χ3v) is 10.8. The van der Waals surface area contributed by atoms with Gasteiger partial charge in [0.25, 0.3) is 0 Å². The maximum absolute atomic E-state index is 12.7. The zero-order valence-corrected chi connectivity index (χ0v) is 35.2. The van der Waals surface area contributed by atoms with Gasteiger partial charge < -0.3 is 14.7 Å². The highest BCUT2D eigenvalue weighted by Crippen LogP contribution is 2.19. The van der Waals surface area contributed by atoms with E-state index < -0.39 is 0 Å². The molecule has 0 radical (unpaired) electrons. The molecule has 0 aliphatic heterocycles. The van der Waals surface area contributed by atoms with Gasteiger partial charge >= 0.3 is 5.97 Å². The van der Waals surface area contributed by atoms with Crippen LogP contribution in [-0.2, 0) is 9.53 Å². The molecule has 0 atom stereocenters. The Hall–Kier alpha value is -0.870. The van der Waals surface area contributed by atoms with E-state index in [-0.39, 0.29) is 18.7 Å². The summed E-state index contributed by atoms with van der Waals surface area (Å²) < 4.78 is 6.03. The predicted octanol–water partition coefficient (Wildman–Crippen LogP) is 14.9. The first-order valence-corrected chi connectivity index (χ1v) is 23.4. The van der Waals surface area contributed by atoms with E-state index in [1.165, 1.54) is 199 Å². The molecule has 0 amide bonds. The molecule has 0 aromatic carbocycles. The van der Waals surface area contributed by atoms with Crippen molar-refractivity contribution in [3.8, 4) is 0 Å². The van der Waals surface area contributed by atoms with Crippen molar-refractivity contribution in [3.63, 3.8) is 0 Å². The highest BCUT2D eigenvalue weighted by atomic mass is 16.5. The molecular formula is C47H93NO3. The average molecular weight is 720 g/mol. The van der Waals surface area contributed by atoms with Crippen molar-refractivity contribution in [3.05, 3.63) is 12.2 Å². The van der Waals surface area contributed by atoms with Crippen molar-refractivity contribution in [1.82, 2.24) is 4.90 Å². The summed E-state index contributed by atoms with van der Waals surface area (Å²) in [6.07, 6.45) is 50.6. The third kappa shape index (κ3) is 40.2. The fourth-order valence-electron chi connectivity index (χ4n) is 7.36. The molecular weight excluding hydrogens is 627 g/mol. The summed E-state index contributed by atoms with van der Waals surface area (Å²) in [5, 5.41) is 9.57. The molecule has 304 valence electrons. The number of carbonyl (C=O) groups excluding carboxylic acids is 1. The van der Waals surface area contributed by atoms with Crippen LogP contribution in [0.1, 0.15) is 252 Å². The molecule has 0 unspecified atom stereocenters. The van der Waals surface area contributed by atoms with Gasteiger partial charge in [-0.25, -0.2) is 0 Å². The SMILES string of the molecule is CCCCCCCC/C=C\CCCCCCCCCCN(CCO)CCCCCCCC(=O)OC(CCCCCCCC)CCCCCCCC. The molecule has 0 saturated carbocycles. The van der Waals surface area contributed by atoms with Gasteiger partial charge in [0.1, 0.15) is 6.10 Å². The Labute approximate surface area is 321 Å². The van der Waals surface area contributed by atoms with Crippen LogP contribution in [-0.4, -0.2) is 48.3 Å². The van der Waals surface area contributed by atoms with E-state index in [9.17, 15) is 9.90 Å². The van der Waals surface area contributed by atoms with E-state index in [2.05, 4.69) is 37.8 Å². The van der Waals surface area contributed by atoms with E-state index in [0.29, 0.717) is 6.42 Å². The number of allylic oxidation sites excluding steroid dienone is 2. The Morgan fingerprint density at radius 3 is 1.24 bits per heavy atom. The monoisotopic (exact) mass is 720 g/mol. The fraction of sp³-hybridized carbons (Fsp3) is 0.936. The quantitative estimate of drug-likeness (QED) is 0.0387. The fourth-order valence-corrected chi connectivity index (χ4v) is 7.36. The molecule has 4 nitrogen and oxygen atoms in total. The zero-order chi connectivity index (χ0) is 37.1. The van der Waals surface area contributed by atoms with Gasteiger partial charge in [0.05, 0.1) is 6.61 Å². The third-order valence-electron chi connectivity index (χ3n) is 10.8. The number of carbonyl (C=O) groups is 1. The highest BCUT2D eigenvalue weighted by Gasteiger charge is 2.14. The van der Waals surface area contributed by atoms with Crippen molar-refractivity contribution < 1.29 is 14.6 Å². The van der Waals surface area contributed by atoms with Crippen LogP contribution in [0.4, 0.5) is 0 Å². The molecule has 0 saturated heterocycles. The number of unbranched alkanes of at least 4 members (excludes halogenated alkanes) is 28. The van der Waals surface area contributed by atoms with Crippen LogP contribution in [0.15, 0.2) is 12.2 Å². The average Bonchev–Trinajstić information content (AvgIpc) is 3.13. The number of hydrogen-bond donors (Lipinski definition) is 1. The van der Waals surface area contributed by atoms with Crippen molar-refractivity contribution in [2.45, 2.75) is 258 Å². The second-order valence-electron chi connectivity index (χ2n) is 16.0. The topological polar surface area (TPSA) is 49.8 Å². The normalized spacial score (nSPS) is 11.9. The molecule has 0 rings (SSSR count). The van der Waals surface area contributed by atoms with Gasteiger partial charge in [0, 0.05) is 13.0 Å². The van der Waals surface area contributed by atoms with Crippen molar-refractivity contribution >= 4 is 5.97 Å². The van der Waals surface area contributed by atoms with Crippen LogP contribution in [0.5, 0.6) is 0 Å². The molecule has 4 heteroatoms. The molecule has 0 heterocycles. The first-order chi connectivity index (χ1) is 25.2. The van der Waals surface area contributed by atoms with Gasteiger partial charge in [-0.15, -0.1) is 0 Å². The van der Waals surface area contributed by atoms with Gasteiger partial charge in [-0.3, -0.25) is 4.79 Å². The minimum absolute atomic E-state index is 0.0351. The first-order valence-electron chi connectivity index (χ1n) is 23.4. The number of esters is 1. The Morgan fingerprint density at radius 2 is 0.824 bits per heavy atom. The van der Waals surface area contributed by atoms with Crippen LogP contribution in [0.25, 0.3) is 0 Å². The molecule has 0 aromatic rings. The predicted molar refractivity (Wildman–Crippen MR) is 226 cm³/mol. The minimum atomic E-state index is 0.0351. The summed E-state index contributed by atoms with van der Waals surface area (Å²) in [5.41, 5.74) is 0. The maximum atomic E-state index is 12.7. The number of rotatable bonds is 43. The Kier molecular flexibility index (Phi) is 42.8. The number of aliphatic hydroxyl groups excluding tert-OH is 1. The van der Waals surface area contributed by atoms with Gasteiger partial charge in [-0.1, -0.05) is 187 Å². The zero-order valence-electron chi connectivity index (χ0n) is 35.2. The number of ether oxygens (including phenoxy) is 1. The highest BCUT2D eigenvalue weighted by molar-refractivity contribution is 5.69. The standard InChI is InChI=1S/C47H93NO3/c1-4-7-10-13-16-17-18-19-20-21-22-23-24-25-26-27-32-37-42-48(44-45-49)43-38-33-28-31-36-41-47(50)51-46(39-34-29-14-11-8-5-2)40-35-30-15-12-9-6-3/h19-20,46,49H,4-18,21-45H2,1-3H3/b20-19-. The molecule has 1 N–H and O–H groups in total. The summed E-state index contributed by atoms with van der Waals surface area (Å²) in [4.78, 5) is 15.2. The van der Waals surface area contributed by atoms with Gasteiger partial charge in [-0.05, 0) is 83.7 Å². The van der Waals surface area contributed by atoms with E-state index in [1.807, 2.05) is 0 Å². The summed E-state index contributed by atoms with van der Waals surface area (Å²) in [5.74, 6) is 0.0351. The summed E-state index contributed by atoms with van der Waals surface area (Å²) in [6.45, 7) is 10.1. The van der Waals surface area contributed by atoms with Crippen LogP contribution in [0.2, 0.25) is 0 Å². The lowest BCUT2D eigenvalue weighted by Crippen LogP contribution is -2.29. The van der Waals surface area contributed by atoms with E-state index >= 15 is 0 Å². The van der Waals surface area contributed by atoms with Crippen LogP contribution >= 0.6 is 0 Å². The lowest BCUT2D eigenvalue weighted by Gasteiger charge is -2.21. The lowest BCUT2D eigenvalue weighted by atomic mass is 10.0. The van der Waals surface area contributed by atoms with Gasteiger partial charge in [-0.2, -0.15) is 0 Å². The molecule has 0 fully saturated rings. The van der Waals surface area contributed by atoms with Gasteiger partial charge in [0.2, 0.25) is 0 Å². The molecule has 0 aliphatic rings. The largest absolute Gasteiger partial charge is 0.462 e. The van der Waals surface area contributed by atoms with Crippen LogP contribution < -0.4 is 0 Å². The Morgan fingerprint density at radius 1 is 0.471 bits per heavy atom. The molecule has 51 heavy (non-hydrogen) atoms. The second kappa shape index (κ2) is 43.5. The second-order valence-corrected chi connectivity index (χ2v) is 16.0. The smallest absolute Gasteiger partial charge is 0.306 e. The molecule has 0 spiro atoms. The first kappa shape index (κ1) is 50.1. The van der Waals surface area contributed by atoms with E-state index in [4.69, 9.17) is 4.74 Å². The van der Waals surface area contributed by atoms with Crippen LogP contribution in [0.3, 0.4) is 0 Å². The Bertz CT molecular complexity index is 679. The maximum Gasteiger partial charge on any atom is 0.306 e. The van der Waals surface area contributed by atoms with Crippen molar-refractivity contribution in [2.24, 2.45) is 0 Å². The number of nitrogens with zero attached hydrogens (tertiary/aromatic N) is 1. The Balaban J connectivity index is 3.87. The lowest BCUT2D eigenvalue weighted by molar-refractivity contribution is -0.150. The summed E-state index contributed by atoms with van der Waals surface area (Å²) in [7, 11) is 0. The molecule has 0 bridgehead atoms. The van der Waals surface area contributed by atoms with Crippen LogP contribution in [0, 0.1) is 0 Å². The molecule has 0 aromatic heterocycles. The number of hydrogen-bond acceptors (Lipinski definition) is 4.